The SMILES string of the molecule is CC(C)(C)c1cc(-c2cc(C(C)(C)C)cc(-c3c(F)c(F)c(F)c(F)c3F)c2N2[CH-]N(c3[c-]c(Oc4[c-]c5c(cc4)c4ccccc4n5-c4cc(C(C)(C)C)ccn4)cc(-c4c(C(C)(C)C)cc(C(C)(C)C)cc4C(C)(C)C)c3)c3ccccc32)cc(C(C)(C)C)c1.[Pt]. The fourth-order valence-electron chi connectivity index (χ4n) is 12.4. The number of hydrogen-bond donors (Lipinski definition) is 0. The molecule has 11 heteroatoms. The topological polar surface area (TPSA) is 33.5 Å². The van der Waals surface area contributed by atoms with E-state index in [4.69, 9.17) is 9.72 Å². The molecular formula is C82H86F5N4OPt-3. The standard InChI is InChI=1S/C82H86F5N4O.Pt/c1-76(2,3)49-32-33-88-67(43-49)91-63-27-23-22-26-57(63)58-31-30-55(45-66(58)91)92-56-37-48(68-61(81(16,17)18)41-53(80(13,14)15)42-62(68)82(19,20)21)36-54(44-56)89-46-90(65-29-25-24-28-64(65)89)75-59(47-34-50(77(4,5)6)38-51(35-47)78(7,8)9)39-52(79(10,11)12)40-60(75)69-70(83)72(85)74(87)73(86)71(69)84;/h22-43,46H,1-21H3;/q-3;. The summed E-state index contributed by atoms with van der Waals surface area (Å²) in [5.41, 5.74) is 10.4. The third-order valence-corrected chi connectivity index (χ3v) is 17.9. The van der Waals surface area contributed by atoms with E-state index in [0.717, 1.165) is 66.6 Å². The first-order valence-corrected chi connectivity index (χ1v) is 31.9. The van der Waals surface area contributed by atoms with Gasteiger partial charge in [-0.15, -0.1) is 53.6 Å². The molecule has 2 aromatic heterocycles. The van der Waals surface area contributed by atoms with Gasteiger partial charge in [0.2, 0.25) is 5.82 Å². The number of benzene rings is 8. The Hall–Kier alpha value is -7.55. The summed E-state index contributed by atoms with van der Waals surface area (Å²) in [4.78, 5) is 8.74. The largest absolute Gasteiger partial charge is 0.509 e. The van der Waals surface area contributed by atoms with Crippen molar-refractivity contribution < 1.29 is 47.8 Å². The van der Waals surface area contributed by atoms with Crippen molar-refractivity contribution in [2.75, 3.05) is 9.80 Å². The number of aromatic nitrogens is 2. The summed E-state index contributed by atoms with van der Waals surface area (Å²) in [6.07, 6.45) is 1.86. The molecule has 8 aromatic carbocycles. The predicted octanol–water partition coefficient (Wildman–Crippen LogP) is 23.8. The average Bonchev–Trinajstić information content (AvgIpc) is 1.54. The molecule has 0 fully saturated rings. The van der Waals surface area contributed by atoms with Gasteiger partial charge >= 0.3 is 0 Å². The second-order valence-electron chi connectivity index (χ2n) is 32.3. The summed E-state index contributed by atoms with van der Waals surface area (Å²) < 4.78 is 90.7. The minimum absolute atomic E-state index is 0. The van der Waals surface area contributed by atoms with E-state index >= 15 is 22.0 Å². The number of halogens is 5. The fraction of sp³-hybridized carbons (Fsp3) is 0.341. The van der Waals surface area contributed by atoms with Crippen LogP contribution in [0.25, 0.3) is 61.0 Å². The summed E-state index contributed by atoms with van der Waals surface area (Å²) in [5.74, 6) is -8.62. The zero-order valence-electron chi connectivity index (χ0n) is 57.7. The molecule has 0 aliphatic carbocycles. The Kier molecular flexibility index (Phi) is 17.4. The Morgan fingerprint density at radius 2 is 0.903 bits per heavy atom. The first kappa shape index (κ1) is 68.3. The third kappa shape index (κ3) is 12.8. The maximum atomic E-state index is 17.1. The smallest absolute Gasteiger partial charge is 0.200 e. The Balaban J connectivity index is 0.00000946. The van der Waals surface area contributed by atoms with Crippen molar-refractivity contribution in [3.8, 4) is 50.7 Å². The molecule has 0 N–H and O–H groups in total. The molecule has 0 saturated heterocycles. The van der Waals surface area contributed by atoms with E-state index in [1.165, 1.54) is 5.56 Å². The molecule has 0 unspecified atom stereocenters. The normalized spacial score (nSPS) is 13.5. The molecule has 93 heavy (non-hydrogen) atoms. The van der Waals surface area contributed by atoms with Gasteiger partial charge in [-0.25, -0.2) is 26.9 Å². The molecule has 1 aliphatic rings. The van der Waals surface area contributed by atoms with Gasteiger partial charge in [0.25, 0.3) is 0 Å². The molecule has 0 amide bonds. The van der Waals surface area contributed by atoms with Gasteiger partial charge in [0.05, 0.1) is 5.56 Å². The van der Waals surface area contributed by atoms with Gasteiger partial charge in [-0.2, -0.15) is 6.07 Å². The van der Waals surface area contributed by atoms with Crippen molar-refractivity contribution in [2.45, 2.75) is 183 Å². The molecule has 5 nitrogen and oxygen atoms in total. The van der Waals surface area contributed by atoms with Crippen LogP contribution in [0, 0.1) is 47.9 Å². The van der Waals surface area contributed by atoms with Crippen LogP contribution in [0.15, 0.2) is 134 Å². The average molecular weight is 1430 g/mol. The summed E-state index contributed by atoms with van der Waals surface area (Å²) in [7, 11) is 0. The first-order valence-electron chi connectivity index (χ1n) is 31.9. The van der Waals surface area contributed by atoms with Gasteiger partial charge in [-0.1, -0.05) is 212 Å². The van der Waals surface area contributed by atoms with Gasteiger partial charge in [-0.05, 0) is 136 Å². The summed E-state index contributed by atoms with van der Waals surface area (Å²) in [6.45, 7) is 47.2. The van der Waals surface area contributed by atoms with Crippen molar-refractivity contribution in [3.63, 3.8) is 0 Å². The summed E-state index contributed by atoms with van der Waals surface area (Å²) in [6, 6.07) is 50.3. The van der Waals surface area contributed by atoms with E-state index in [2.05, 4.69) is 208 Å². The van der Waals surface area contributed by atoms with Crippen LogP contribution in [0.3, 0.4) is 0 Å². The molecule has 0 radical (unpaired) electrons. The number of pyridine rings is 1. The van der Waals surface area contributed by atoms with Gasteiger partial charge in [0, 0.05) is 72.5 Å². The number of anilines is 4. The molecular weight excluding hydrogens is 1350 g/mol. The maximum Gasteiger partial charge on any atom is 0.200 e. The van der Waals surface area contributed by atoms with Crippen molar-refractivity contribution in [2.24, 2.45) is 0 Å². The Bertz CT molecular complexity index is 4490. The molecule has 1 aliphatic heterocycles. The van der Waals surface area contributed by atoms with Crippen LogP contribution in [0.2, 0.25) is 0 Å². The van der Waals surface area contributed by atoms with Crippen LogP contribution in [-0.4, -0.2) is 9.55 Å². The quantitative estimate of drug-likeness (QED) is 0.0657. The van der Waals surface area contributed by atoms with E-state index in [1.807, 2.05) is 98.0 Å². The summed E-state index contributed by atoms with van der Waals surface area (Å²) >= 11 is 0. The molecule has 11 rings (SSSR count). The molecule has 0 spiro atoms. The number of hydrogen-bond acceptors (Lipinski definition) is 4. The molecule has 488 valence electrons. The monoisotopic (exact) mass is 1430 g/mol. The van der Waals surface area contributed by atoms with Crippen molar-refractivity contribution >= 4 is 44.6 Å². The van der Waals surface area contributed by atoms with Gasteiger partial charge in [0.15, 0.2) is 23.3 Å². The predicted molar refractivity (Wildman–Crippen MR) is 371 cm³/mol. The zero-order chi connectivity index (χ0) is 67.1. The number of rotatable bonds is 8. The van der Waals surface area contributed by atoms with E-state index < -0.39 is 40.1 Å². The van der Waals surface area contributed by atoms with Crippen LogP contribution >= 0.6 is 0 Å². The molecule has 10 aromatic rings. The van der Waals surface area contributed by atoms with Crippen molar-refractivity contribution in [3.05, 3.63) is 220 Å². The maximum absolute atomic E-state index is 17.1. The van der Waals surface area contributed by atoms with Gasteiger partial charge in [0.1, 0.15) is 5.82 Å². The van der Waals surface area contributed by atoms with E-state index in [-0.39, 0.29) is 64.8 Å². The number of nitrogens with zero attached hydrogens (tertiary/aromatic N) is 4. The van der Waals surface area contributed by atoms with Crippen LogP contribution < -0.4 is 14.5 Å². The van der Waals surface area contributed by atoms with Crippen molar-refractivity contribution in [1.82, 2.24) is 9.55 Å². The second-order valence-corrected chi connectivity index (χ2v) is 32.3. The minimum atomic E-state index is -2.23. The Labute approximate surface area is 562 Å². The molecule has 0 bridgehead atoms. The number of ether oxygens (including phenoxy) is 1. The van der Waals surface area contributed by atoms with Crippen LogP contribution in [0.5, 0.6) is 11.5 Å². The van der Waals surface area contributed by atoms with E-state index in [9.17, 15) is 0 Å². The van der Waals surface area contributed by atoms with Gasteiger partial charge < -0.3 is 19.1 Å². The van der Waals surface area contributed by atoms with Crippen LogP contribution in [0.4, 0.5) is 44.7 Å². The van der Waals surface area contributed by atoms with E-state index in [0.29, 0.717) is 45.3 Å². The zero-order valence-corrected chi connectivity index (χ0v) is 60.0. The van der Waals surface area contributed by atoms with Crippen molar-refractivity contribution in [1.29, 1.82) is 0 Å². The molecule has 0 saturated carbocycles. The summed E-state index contributed by atoms with van der Waals surface area (Å²) in [5, 5.41) is 2.01. The van der Waals surface area contributed by atoms with Crippen LogP contribution in [-0.2, 0) is 59.0 Å². The first-order chi connectivity index (χ1) is 42.6. The molecule has 3 heterocycles. The van der Waals surface area contributed by atoms with Gasteiger partial charge in [-0.3, -0.25) is 0 Å². The number of para-hydroxylation sites is 3. The Morgan fingerprint density at radius 1 is 0.409 bits per heavy atom. The third-order valence-electron chi connectivity index (χ3n) is 17.9. The van der Waals surface area contributed by atoms with E-state index in [1.54, 1.807) is 6.07 Å². The van der Waals surface area contributed by atoms with Crippen LogP contribution in [0.1, 0.15) is 184 Å². The minimum Gasteiger partial charge on any atom is -0.509 e. The molecule has 0 atom stereocenters. The number of fused-ring (bicyclic) bond motifs is 4. The fourth-order valence-corrected chi connectivity index (χ4v) is 12.4. The Morgan fingerprint density at radius 3 is 1.45 bits per heavy atom. The second kappa shape index (κ2) is 23.7.